The Bertz CT molecular complexity index is 772. The van der Waals surface area contributed by atoms with Gasteiger partial charge in [-0.15, -0.1) is 11.8 Å². The van der Waals surface area contributed by atoms with Gasteiger partial charge in [0.2, 0.25) is 5.91 Å². The number of halogens is 1. The lowest BCUT2D eigenvalue weighted by molar-refractivity contribution is -0.120. The van der Waals surface area contributed by atoms with E-state index in [2.05, 4.69) is 26.2 Å². The van der Waals surface area contributed by atoms with Crippen molar-refractivity contribution in [1.82, 2.24) is 10.3 Å². The second-order valence-electron chi connectivity index (χ2n) is 5.74. The third-order valence-electron chi connectivity index (χ3n) is 3.72. The Labute approximate surface area is 154 Å². The van der Waals surface area contributed by atoms with Crippen LogP contribution in [0.25, 0.3) is 0 Å². The summed E-state index contributed by atoms with van der Waals surface area (Å²) in [4.78, 5) is 27.0. The van der Waals surface area contributed by atoms with Gasteiger partial charge in [-0.3, -0.25) is 9.59 Å². The first-order chi connectivity index (χ1) is 11.4. The van der Waals surface area contributed by atoms with Gasteiger partial charge in [-0.25, -0.2) is 0 Å². The first-order valence-electron chi connectivity index (χ1n) is 7.70. The lowest BCUT2D eigenvalue weighted by Crippen LogP contribution is -2.33. The van der Waals surface area contributed by atoms with Crippen molar-refractivity contribution in [2.45, 2.75) is 38.3 Å². The smallest absolute Gasteiger partial charge is 0.253 e. The third kappa shape index (κ3) is 5.24. The van der Waals surface area contributed by atoms with Crippen molar-refractivity contribution in [2.24, 2.45) is 0 Å². The number of aryl methyl sites for hydroxylation is 2. The van der Waals surface area contributed by atoms with Crippen LogP contribution < -0.4 is 10.9 Å². The number of carbonyl (C=O) groups is 1. The van der Waals surface area contributed by atoms with Crippen molar-refractivity contribution in [3.63, 3.8) is 0 Å². The number of hydrogen-bond acceptors (Lipinski definition) is 3. The molecule has 6 heteroatoms. The average Bonchev–Trinajstić information content (AvgIpc) is 2.52. The number of H-pyrrole nitrogens is 1. The zero-order valence-corrected chi connectivity index (χ0v) is 16.4. The topological polar surface area (TPSA) is 62.0 Å². The molecule has 1 heterocycles. The van der Waals surface area contributed by atoms with Crippen LogP contribution in [0.3, 0.4) is 0 Å². The summed E-state index contributed by atoms with van der Waals surface area (Å²) in [5.41, 5.74) is 3.37. The molecular weight excluding hydrogens is 388 g/mol. The molecule has 0 unspecified atom stereocenters. The van der Waals surface area contributed by atoms with Crippen molar-refractivity contribution in [3.8, 4) is 0 Å². The first kappa shape index (κ1) is 18.8. The van der Waals surface area contributed by atoms with Gasteiger partial charge in [0.25, 0.3) is 5.56 Å². The Balaban J connectivity index is 1.88. The van der Waals surface area contributed by atoms with Gasteiger partial charge in [0.05, 0.1) is 5.25 Å². The molecule has 1 aromatic carbocycles. The van der Waals surface area contributed by atoms with Crippen molar-refractivity contribution >= 4 is 33.6 Å². The molecule has 2 rings (SSSR count). The highest BCUT2D eigenvalue weighted by molar-refractivity contribution is 9.10. The Morgan fingerprint density at radius 2 is 1.96 bits per heavy atom. The number of benzene rings is 1. The zero-order chi connectivity index (χ0) is 17.7. The Morgan fingerprint density at radius 3 is 2.58 bits per heavy atom. The molecule has 1 atom stereocenters. The lowest BCUT2D eigenvalue weighted by atomic mass is 10.1. The summed E-state index contributed by atoms with van der Waals surface area (Å²) < 4.78 is 1.04. The van der Waals surface area contributed by atoms with Crippen LogP contribution in [0.1, 0.15) is 29.3 Å². The molecule has 2 aromatic rings. The maximum Gasteiger partial charge on any atom is 0.253 e. The highest BCUT2D eigenvalue weighted by Crippen LogP contribution is 2.19. The minimum Gasteiger partial charge on any atom is -0.351 e. The molecule has 0 radical (unpaired) electrons. The van der Waals surface area contributed by atoms with Gasteiger partial charge in [-0.1, -0.05) is 28.1 Å². The molecule has 0 saturated heterocycles. The molecule has 24 heavy (non-hydrogen) atoms. The van der Waals surface area contributed by atoms with E-state index in [9.17, 15) is 9.59 Å². The van der Waals surface area contributed by atoms with E-state index in [1.807, 2.05) is 51.1 Å². The molecular formula is C18H21BrN2O2S. The van der Waals surface area contributed by atoms with Gasteiger partial charge < -0.3 is 10.3 Å². The minimum absolute atomic E-state index is 0.0588. The molecule has 0 aliphatic rings. The van der Waals surface area contributed by atoms with E-state index < -0.39 is 0 Å². The minimum atomic E-state index is -0.182. The van der Waals surface area contributed by atoms with E-state index in [4.69, 9.17) is 0 Å². The normalized spacial score (nSPS) is 12.0. The van der Waals surface area contributed by atoms with Gasteiger partial charge in [0, 0.05) is 28.0 Å². The van der Waals surface area contributed by atoms with Gasteiger partial charge in [-0.05, 0) is 50.1 Å². The van der Waals surface area contributed by atoms with Gasteiger partial charge in [-0.2, -0.15) is 0 Å². The quantitative estimate of drug-likeness (QED) is 0.765. The van der Waals surface area contributed by atoms with E-state index in [0.717, 1.165) is 21.5 Å². The predicted molar refractivity (Wildman–Crippen MR) is 103 cm³/mol. The van der Waals surface area contributed by atoms with Crippen LogP contribution in [0.2, 0.25) is 0 Å². The van der Waals surface area contributed by atoms with Crippen LogP contribution in [0.5, 0.6) is 0 Å². The molecule has 0 aliphatic carbocycles. The summed E-state index contributed by atoms with van der Waals surface area (Å²) in [5, 5.41) is 2.68. The summed E-state index contributed by atoms with van der Waals surface area (Å²) in [6.07, 6.45) is 0. The second-order valence-corrected chi connectivity index (χ2v) is 7.99. The Hall–Kier alpha value is -1.53. The summed E-state index contributed by atoms with van der Waals surface area (Å²) in [5.74, 6) is 0.711. The molecule has 0 fully saturated rings. The van der Waals surface area contributed by atoms with Crippen molar-refractivity contribution in [3.05, 3.63) is 67.5 Å². The highest BCUT2D eigenvalue weighted by Gasteiger charge is 2.14. The molecule has 0 spiro atoms. The van der Waals surface area contributed by atoms with Crippen LogP contribution in [-0.2, 0) is 17.1 Å². The molecule has 0 saturated carbocycles. The van der Waals surface area contributed by atoms with E-state index in [0.29, 0.717) is 5.56 Å². The number of pyridine rings is 1. The number of amides is 1. The number of aromatic amines is 1. The standard InChI is InChI=1S/C18H21BrN2O2S/c1-11-8-12(2)21-18(23)16(11)9-20-17(22)13(3)24-10-14-4-6-15(19)7-5-14/h4-8,13H,9-10H2,1-3H3,(H,20,22)(H,21,23)/t13-/m1/s1. The van der Waals surface area contributed by atoms with Crippen LogP contribution >= 0.6 is 27.7 Å². The number of rotatable bonds is 6. The number of nitrogens with one attached hydrogen (secondary N) is 2. The molecule has 2 N–H and O–H groups in total. The summed E-state index contributed by atoms with van der Waals surface area (Å²) in [7, 11) is 0. The number of aromatic nitrogens is 1. The molecule has 1 aromatic heterocycles. The van der Waals surface area contributed by atoms with E-state index in [1.165, 1.54) is 5.56 Å². The van der Waals surface area contributed by atoms with Gasteiger partial charge in [0.1, 0.15) is 0 Å². The molecule has 0 bridgehead atoms. The van der Waals surface area contributed by atoms with Gasteiger partial charge in [0.15, 0.2) is 0 Å². The maximum absolute atomic E-state index is 12.2. The van der Waals surface area contributed by atoms with Crippen molar-refractivity contribution < 1.29 is 4.79 Å². The number of hydrogen-bond donors (Lipinski definition) is 2. The van der Waals surface area contributed by atoms with Crippen molar-refractivity contribution in [1.29, 1.82) is 0 Å². The fourth-order valence-electron chi connectivity index (χ4n) is 2.30. The fourth-order valence-corrected chi connectivity index (χ4v) is 3.43. The highest BCUT2D eigenvalue weighted by atomic mass is 79.9. The second kappa shape index (κ2) is 8.53. The number of thioether (sulfide) groups is 1. The largest absolute Gasteiger partial charge is 0.351 e. The van der Waals surface area contributed by atoms with Crippen LogP contribution in [-0.4, -0.2) is 16.1 Å². The first-order valence-corrected chi connectivity index (χ1v) is 9.54. The fraction of sp³-hybridized carbons (Fsp3) is 0.333. The Kier molecular flexibility index (Phi) is 6.69. The van der Waals surface area contributed by atoms with E-state index >= 15 is 0 Å². The summed E-state index contributed by atoms with van der Waals surface area (Å²) >= 11 is 4.98. The molecule has 4 nitrogen and oxygen atoms in total. The summed E-state index contributed by atoms with van der Waals surface area (Å²) in [6.45, 7) is 5.86. The molecule has 1 amide bonds. The Morgan fingerprint density at radius 1 is 1.29 bits per heavy atom. The van der Waals surface area contributed by atoms with Crippen LogP contribution in [0.15, 0.2) is 39.6 Å². The number of carbonyl (C=O) groups excluding carboxylic acids is 1. The molecule has 128 valence electrons. The summed E-state index contributed by atoms with van der Waals surface area (Å²) in [6, 6.07) is 9.97. The molecule has 0 aliphatic heterocycles. The SMILES string of the molecule is Cc1cc(C)c(CNC(=O)[C@@H](C)SCc2ccc(Br)cc2)c(=O)[nH]1. The lowest BCUT2D eigenvalue weighted by Gasteiger charge is -2.13. The van der Waals surface area contributed by atoms with Gasteiger partial charge >= 0.3 is 0 Å². The van der Waals surface area contributed by atoms with Crippen LogP contribution in [0.4, 0.5) is 0 Å². The van der Waals surface area contributed by atoms with Crippen molar-refractivity contribution in [2.75, 3.05) is 0 Å². The third-order valence-corrected chi connectivity index (χ3v) is 5.46. The predicted octanol–water partition coefficient (Wildman–Crippen LogP) is 3.69. The maximum atomic E-state index is 12.2. The van der Waals surface area contributed by atoms with Crippen LogP contribution in [0, 0.1) is 13.8 Å². The van der Waals surface area contributed by atoms with E-state index in [1.54, 1.807) is 11.8 Å². The average molecular weight is 409 g/mol. The zero-order valence-electron chi connectivity index (χ0n) is 14.0. The van der Waals surface area contributed by atoms with E-state index in [-0.39, 0.29) is 23.3 Å². The monoisotopic (exact) mass is 408 g/mol.